The van der Waals surface area contributed by atoms with E-state index in [2.05, 4.69) is 0 Å². The third-order valence-corrected chi connectivity index (χ3v) is 5.85. The van der Waals surface area contributed by atoms with Gasteiger partial charge in [0.2, 0.25) is 0 Å². The van der Waals surface area contributed by atoms with Crippen molar-refractivity contribution in [1.82, 2.24) is 0 Å². The summed E-state index contributed by atoms with van der Waals surface area (Å²) < 4.78 is 36.4. The van der Waals surface area contributed by atoms with E-state index in [4.69, 9.17) is 9.47 Å². The van der Waals surface area contributed by atoms with E-state index in [9.17, 15) is 13.2 Å². The van der Waals surface area contributed by atoms with E-state index in [0.717, 1.165) is 5.56 Å². The van der Waals surface area contributed by atoms with Crippen LogP contribution in [0.1, 0.15) is 18.6 Å². The summed E-state index contributed by atoms with van der Waals surface area (Å²) in [5.74, 6) is -0.800. The topological polar surface area (TPSA) is 69.7 Å². The van der Waals surface area contributed by atoms with Crippen LogP contribution in [0.4, 0.5) is 0 Å². The molecule has 1 aliphatic rings. The summed E-state index contributed by atoms with van der Waals surface area (Å²) in [4.78, 5) is 12.7. The van der Waals surface area contributed by atoms with E-state index in [1.807, 2.05) is 30.3 Å². The molecule has 6 heteroatoms. The first-order valence-electron chi connectivity index (χ1n) is 8.36. The second-order valence-electron chi connectivity index (χ2n) is 5.91. The van der Waals surface area contributed by atoms with Crippen molar-refractivity contribution in [1.29, 1.82) is 0 Å². The molecular formula is C20H20O5S. The highest BCUT2D eigenvalue weighted by Crippen LogP contribution is 2.36. The Morgan fingerprint density at radius 3 is 2.31 bits per heavy atom. The second-order valence-corrected chi connectivity index (χ2v) is 7.90. The van der Waals surface area contributed by atoms with Gasteiger partial charge in [0.05, 0.1) is 29.4 Å². The maximum atomic E-state index is 12.7. The Morgan fingerprint density at radius 1 is 1.08 bits per heavy atom. The third kappa shape index (κ3) is 3.86. The molecule has 1 atom stereocenters. The zero-order chi connectivity index (χ0) is 18.6. The van der Waals surface area contributed by atoms with Gasteiger partial charge < -0.3 is 9.47 Å². The van der Waals surface area contributed by atoms with E-state index in [0.29, 0.717) is 5.57 Å². The predicted molar refractivity (Wildman–Crippen MR) is 97.3 cm³/mol. The molecule has 1 unspecified atom stereocenters. The van der Waals surface area contributed by atoms with Crippen LogP contribution in [0.3, 0.4) is 0 Å². The first kappa shape index (κ1) is 18.4. The average molecular weight is 372 g/mol. The monoisotopic (exact) mass is 372 g/mol. The Hall–Kier alpha value is -2.44. The van der Waals surface area contributed by atoms with Crippen molar-refractivity contribution in [2.24, 2.45) is 0 Å². The number of esters is 1. The quantitative estimate of drug-likeness (QED) is 0.729. The molecular weight excluding hydrogens is 352 g/mol. The summed E-state index contributed by atoms with van der Waals surface area (Å²) in [5.41, 5.74) is 1.53. The molecule has 2 aromatic carbocycles. The molecule has 3 rings (SSSR count). The molecule has 136 valence electrons. The van der Waals surface area contributed by atoms with Crippen molar-refractivity contribution in [3.05, 3.63) is 77.4 Å². The Bertz CT molecular complexity index is 902. The molecule has 0 spiro atoms. The molecule has 0 aliphatic carbocycles. The van der Waals surface area contributed by atoms with Gasteiger partial charge in [0, 0.05) is 0 Å². The van der Waals surface area contributed by atoms with Gasteiger partial charge in [-0.25, -0.2) is 13.2 Å². The fraction of sp³-hybridized carbons (Fsp3) is 0.250. The van der Waals surface area contributed by atoms with Crippen molar-refractivity contribution in [2.75, 3.05) is 19.0 Å². The number of carbonyl (C=O) groups excluding carboxylic acids is 1. The molecule has 5 nitrogen and oxygen atoms in total. The number of rotatable bonds is 6. The molecule has 26 heavy (non-hydrogen) atoms. The number of hydrogen-bond acceptors (Lipinski definition) is 5. The summed E-state index contributed by atoms with van der Waals surface area (Å²) in [7, 11) is -3.58. The first-order chi connectivity index (χ1) is 12.5. The van der Waals surface area contributed by atoms with Crippen LogP contribution in [0.15, 0.2) is 76.7 Å². The lowest BCUT2D eigenvalue weighted by Crippen LogP contribution is -2.16. The second kappa shape index (κ2) is 7.85. The minimum atomic E-state index is -3.58. The predicted octanol–water partition coefficient (Wildman–Crippen LogP) is 3.09. The molecule has 0 amide bonds. The van der Waals surface area contributed by atoms with Gasteiger partial charge in [-0.2, -0.15) is 0 Å². The van der Waals surface area contributed by atoms with E-state index >= 15 is 0 Å². The normalized spacial score (nSPS) is 17.3. The fourth-order valence-corrected chi connectivity index (χ4v) is 4.38. The largest absolute Gasteiger partial charge is 0.463 e. The van der Waals surface area contributed by atoms with Gasteiger partial charge >= 0.3 is 5.97 Å². The number of benzene rings is 2. The number of hydrogen-bond donors (Lipinski definition) is 0. The van der Waals surface area contributed by atoms with Crippen LogP contribution in [0.2, 0.25) is 0 Å². The van der Waals surface area contributed by atoms with Crippen molar-refractivity contribution in [3.63, 3.8) is 0 Å². The van der Waals surface area contributed by atoms with Gasteiger partial charge in [0.1, 0.15) is 6.10 Å². The van der Waals surface area contributed by atoms with Gasteiger partial charge in [0.15, 0.2) is 9.84 Å². The van der Waals surface area contributed by atoms with Crippen LogP contribution in [-0.2, 0) is 24.1 Å². The van der Waals surface area contributed by atoms with E-state index < -0.39 is 21.9 Å². The lowest BCUT2D eigenvalue weighted by atomic mass is 10.00. The average Bonchev–Trinajstić information content (AvgIpc) is 3.06. The van der Waals surface area contributed by atoms with Gasteiger partial charge in [-0.3, -0.25) is 0 Å². The smallest absolute Gasteiger partial charge is 0.337 e. The molecule has 1 heterocycles. The molecule has 0 N–H and O–H groups in total. The van der Waals surface area contributed by atoms with Gasteiger partial charge in [-0.15, -0.1) is 0 Å². The van der Waals surface area contributed by atoms with E-state index in [1.165, 1.54) is 0 Å². The molecule has 0 saturated heterocycles. The number of ether oxygens (including phenoxy) is 2. The standard InChI is InChI=1S/C20H20O5S/c1-2-24-20(21)18-16(13-25-19(18)15-9-5-3-6-10-15)14-26(22,23)17-11-7-4-8-12-17/h3-12,19H,2,13-14H2,1H3. The summed E-state index contributed by atoms with van der Waals surface area (Å²) in [5, 5.41) is 0. The van der Waals surface area contributed by atoms with Crippen LogP contribution in [0.25, 0.3) is 0 Å². The fourth-order valence-electron chi connectivity index (χ4n) is 2.94. The van der Waals surface area contributed by atoms with Crippen LogP contribution >= 0.6 is 0 Å². The lowest BCUT2D eigenvalue weighted by molar-refractivity contribution is -0.139. The van der Waals surface area contributed by atoms with Crippen molar-refractivity contribution in [2.45, 2.75) is 17.9 Å². The zero-order valence-electron chi connectivity index (χ0n) is 14.4. The first-order valence-corrected chi connectivity index (χ1v) is 10.0. The Morgan fingerprint density at radius 2 is 1.69 bits per heavy atom. The van der Waals surface area contributed by atoms with Crippen LogP contribution in [0, 0.1) is 0 Å². The molecule has 0 bridgehead atoms. The van der Waals surface area contributed by atoms with Crippen molar-refractivity contribution >= 4 is 15.8 Å². The van der Waals surface area contributed by atoms with Crippen LogP contribution in [0.5, 0.6) is 0 Å². The Kier molecular flexibility index (Phi) is 5.54. The zero-order valence-corrected chi connectivity index (χ0v) is 15.2. The molecule has 1 aliphatic heterocycles. The van der Waals surface area contributed by atoms with Crippen molar-refractivity contribution < 1.29 is 22.7 Å². The minimum absolute atomic E-state index is 0.0831. The third-order valence-electron chi connectivity index (χ3n) is 4.13. The summed E-state index contributed by atoms with van der Waals surface area (Å²) in [6.07, 6.45) is -0.615. The van der Waals surface area contributed by atoms with Gasteiger partial charge in [-0.05, 0) is 30.2 Å². The Labute approximate surface area is 153 Å². The van der Waals surface area contributed by atoms with Gasteiger partial charge in [-0.1, -0.05) is 48.5 Å². The SMILES string of the molecule is CCOC(=O)C1=C(CS(=O)(=O)c2ccccc2)COC1c1ccccc1. The van der Waals surface area contributed by atoms with E-state index in [-0.39, 0.29) is 29.4 Å². The summed E-state index contributed by atoms with van der Waals surface area (Å²) in [6.45, 7) is 2.01. The summed E-state index contributed by atoms with van der Waals surface area (Å²) >= 11 is 0. The maximum Gasteiger partial charge on any atom is 0.337 e. The molecule has 0 fully saturated rings. The highest BCUT2D eigenvalue weighted by molar-refractivity contribution is 7.91. The minimum Gasteiger partial charge on any atom is -0.463 e. The highest BCUT2D eigenvalue weighted by atomic mass is 32.2. The number of sulfone groups is 1. The van der Waals surface area contributed by atoms with Crippen LogP contribution < -0.4 is 0 Å². The van der Waals surface area contributed by atoms with Crippen LogP contribution in [-0.4, -0.2) is 33.4 Å². The van der Waals surface area contributed by atoms with Crippen molar-refractivity contribution in [3.8, 4) is 0 Å². The maximum absolute atomic E-state index is 12.7. The summed E-state index contributed by atoms with van der Waals surface area (Å²) in [6, 6.07) is 17.4. The molecule has 0 saturated carbocycles. The Balaban J connectivity index is 1.98. The molecule has 0 aromatic heterocycles. The molecule has 0 radical (unpaired) electrons. The molecule has 2 aromatic rings. The number of carbonyl (C=O) groups is 1. The lowest BCUT2D eigenvalue weighted by Gasteiger charge is -2.14. The highest BCUT2D eigenvalue weighted by Gasteiger charge is 2.35. The van der Waals surface area contributed by atoms with E-state index in [1.54, 1.807) is 37.3 Å². The van der Waals surface area contributed by atoms with Gasteiger partial charge in [0.25, 0.3) is 0 Å².